The van der Waals surface area contributed by atoms with E-state index in [0.717, 1.165) is 19.4 Å². The van der Waals surface area contributed by atoms with Crippen molar-refractivity contribution in [3.8, 4) is 0 Å². The first kappa shape index (κ1) is 16.3. The number of carbonyl (C=O) groups is 1. The number of benzene rings is 1. The van der Waals surface area contributed by atoms with Gasteiger partial charge < -0.3 is 9.88 Å². The molecule has 132 valence electrons. The fraction of sp³-hybridized carbons (Fsp3) is 0.550. The van der Waals surface area contributed by atoms with Crippen LogP contribution in [-0.4, -0.2) is 33.4 Å². The summed E-state index contributed by atoms with van der Waals surface area (Å²) in [6, 6.07) is 7.76. The van der Waals surface area contributed by atoms with Gasteiger partial charge in [-0.15, -0.1) is 0 Å². The molecule has 2 unspecified atom stereocenters. The van der Waals surface area contributed by atoms with Crippen molar-refractivity contribution in [1.29, 1.82) is 0 Å². The summed E-state index contributed by atoms with van der Waals surface area (Å²) >= 11 is 0. The lowest BCUT2D eigenvalue weighted by atomic mass is 9.78. The van der Waals surface area contributed by atoms with E-state index in [1.54, 1.807) is 6.07 Å². The van der Waals surface area contributed by atoms with Crippen LogP contribution in [0.4, 0.5) is 0 Å². The van der Waals surface area contributed by atoms with Gasteiger partial charge in [0.1, 0.15) is 5.82 Å². The minimum atomic E-state index is -0.127. The Balaban J connectivity index is 1.45. The van der Waals surface area contributed by atoms with E-state index in [-0.39, 0.29) is 11.5 Å². The summed E-state index contributed by atoms with van der Waals surface area (Å²) < 4.78 is 0. The first-order valence-corrected chi connectivity index (χ1v) is 9.50. The van der Waals surface area contributed by atoms with Crippen LogP contribution in [0.15, 0.2) is 29.1 Å². The SMILES string of the molecule is O=C(CCc1nc2ccccc2c(=O)[nH]1)N1CCCC2CCCCC21. The first-order chi connectivity index (χ1) is 12.2. The number of piperidine rings is 1. The van der Waals surface area contributed by atoms with Crippen LogP contribution in [0.3, 0.4) is 0 Å². The van der Waals surface area contributed by atoms with E-state index in [2.05, 4.69) is 14.9 Å². The molecule has 2 heterocycles. The predicted octanol–water partition coefficient (Wildman–Crippen LogP) is 3.04. The first-order valence-electron chi connectivity index (χ1n) is 9.50. The molecule has 1 aromatic heterocycles. The third kappa shape index (κ3) is 3.32. The van der Waals surface area contributed by atoms with E-state index in [0.29, 0.717) is 41.5 Å². The highest BCUT2D eigenvalue weighted by atomic mass is 16.2. The molecule has 25 heavy (non-hydrogen) atoms. The molecule has 1 saturated carbocycles. The van der Waals surface area contributed by atoms with Crippen molar-refractivity contribution in [1.82, 2.24) is 14.9 Å². The van der Waals surface area contributed by atoms with Crippen LogP contribution >= 0.6 is 0 Å². The van der Waals surface area contributed by atoms with Crippen LogP contribution in [0.1, 0.15) is 50.8 Å². The number of rotatable bonds is 3. The van der Waals surface area contributed by atoms with Gasteiger partial charge in [0.2, 0.25) is 5.91 Å². The Morgan fingerprint density at radius 1 is 1.16 bits per heavy atom. The lowest BCUT2D eigenvalue weighted by Crippen LogP contribution is -2.49. The molecular formula is C20H25N3O2. The molecule has 2 atom stereocenters. The van der Waals surface area contributed by atoms with E-state index in [4.69, 9.17) is 0 Å². The maximum Gasteiger partial charge on any atom is 0.258 e. The Bertz CT molecular complexity index is 827. The normalized spacial score (nSPS) is 23.4. The van der Waals surface area contributed by atoms with Crippen molar-refractivity contribution < 1.29 is 4.79 Å². The summed E-state index contributed by atoms with van der Waals surface area (Å²) in [7, 11) is 0. The third-order valence-electron chi connectivity index (χ3n) is 5.80. The Labute approximate surface area is 147 Å². The molecule has 1 aliphatic heterocycles. The van der Waals surface area contributed by atoms with Crippen LogP contribution in [0.25, 0.3) is 10.9 Å². The van der Waals surface area contributed by atoms with Gasteiger partial charge in [-0.25, -0.2) is 4.98 Å². The third-order valence-corrected chi connectivity index (χ3v) is 5.80. The molecule has 0 radical (unpaired) electrons. The smallest absolute Gasteiger partial charge is 0.258 e. The molecule has 2 fully saturated rings. The number of fused-ring (bicyclic) bond motifs is 2. The van der Waals surface area contributed by atoms with E-state index in [9.17, 15) is 9.59 Å². The summed E-state index contributed by atoms with van der Waals surface area (Å²) in [5, 5.41) is 0.596. The molecule has 1 amide bonds. The highest BCUT2D eigenvalue weighted by Gasteiger charge is 2.35. The Hall–Kier alpha value is -2.17. The van der Waals surface area contributed by atoms with Crippen LogP contribution in [0.2, 0.25) is 0 Å². The lowest BCUT2D eigenvalue weighted by molar-refractivity contribution is -0.137. The Kier molecular flexibility index (Phi) is 4.55. The fourth-order valence-corrected chi connectivity index (χ4v) is 4.56. The van der Waals surface area contributed by atoms with Gasteiger partial charge in [-0.2, -0.15) is 0 Å². The number of amides is 1. The average Bonchev–Trinajstić information content (AvgIpc) is 2.66. The number of likely N-dealkylation sites (tertiary alicyclic amines) is 1. The van der Waals surface area contributed by atoms with Crippen molar-refractivity contribution in [3.63, 3.8) is 0 Å². The number of nitrogens with zero attached hydrogens (tertiary/aromatic N) is 2. The number of H-pyrrole nitrogens is 1. The summed E-state index contributed by atoms with van der Waals surface area (Å²) in [5.74, 6) is 1.52. The predicted molar refractivity (Wildman–Crippen MR) is 97.4 cm³/mol. The zero-order chi connectivity index (χ0) is 17.2. The van der Waals surface area contributed by atoms with E-state index in [1.165, 1.54) is 25.7 Å². The van der Waals surface area contributed by atoms with Crippen molar-refractivity contribution in [3.05, 3.63) is 40.4 Å². The number of aromatic amines is 1. The van der Waals surface area contributed by atoms with E-state index >= 15 is 0 Å². The average molecular weight is 339 g/mol. The van der Waals surface area contributed by atoms with Gasteiger partial charge in [-0.05, 0) is 43.7 Å². The van der Waals surface area contributed by atoms with Gasteiger partial charge >= 0.3 is 0 Å². The van der Waals surface area contributed by atoms with Gasteiger partial charge in [-0.3, -0.25) is 9.59 Å². The molecule has 5 nitrogen and oxygen atoms in total. The minimum Gasteiger partial charge on any atom is -0.339 e. The molecule has 1 N–H and O–H groups in total. The van der Waals surface area contributed by atoms with Crippen LogP contribution in [0.5, 0.6) is 0 Å². The quantitative estimate of drug-likeness (QED) is 0.935. The molecule has 2 aromatic rings. The van der Waals surface area contributed by atoms with Crippen molar-refractivity contribution in [2.24, 2.45) is 5.92 Å². The number of carbonyl (C=O) groups excluding carboxylic acids is 1. The highest BCUT2D eigenvalue weighted by molar-refractivity contribution is 5.78. The highest BCUT2D eigenvalue weighted by Crippen LogP contribution is 2.35. The van der Waals surface area contributed by atoms with Crippen molar-refractivity contribution >= 4 is 16.8 Å². The maximum atomic E-state index is 12.8. The number of para-hydroxylation sites is 1. The molecule has 5 heteroatoms. The second-order valence-corrected chi connectivity index (χ2v) is 7.37. The number of aromatic nitrogens is 2. The zero-order valence-electron chi connectivity index (χ0n) is 14.5. The van der Waals surface area contributed by atoms with Crippen molar-refractivity contribution in [2.75, 3.05) is 6.54 Å². The second-order valence-electron chi connectivity index (χ2n) is 7.37. The monoisotopic (exact) mass is 339 g/mol. The van der Waals surface area contributed by atoms with Gasteiger partial charge in [0.15, 0.2) is 0 Å². The Morgan fingerprint density at radius 3 is 2.88 bits per heavy atom. The summed E-state index contributed by atoms with van der Waals surface area (Å²) in [5.41, 5.74) is 0.567. The molecule has 1 aromatic carbocycles. The Morgan fingerprint density at radius 2 is 1.96 bits per heavy atom. The number of aryl methyl sites for hydroxylation is 1. The topological polar surface area (TPSA) is 66.1 Å². The van der Waals surface area contributed by atoms with Gasteiger partial charge in [-0.1, -0.05) is 25.0 Å². The molecule has 2 aliphatic rings. The van der Waals surface area contributed by atoms with E-state index in [1.807, 2.05) is 18.2 Å². The largest absolute Gasteiger partial charge is 0.339 e. The molecule has 0 bridgehead atoms. The van der Waals surface area contributed by atoms with Gasteiger partial charge in [0.25, 0.3) is 5.56 Å². The maximum absolute atomic E-state index is 12.8. The molecular weight excluding hydrogens is 314 g/mol. The molecule has 1 saturated heterocycles. The van der Waals surface area contributed by atoms with E-state index < -0.39 is 0 Å². The summed E-state index contributed by atoms with van der Waals surface area (Å²) in [6.07, 6.45) is 8.29. The van der Waals surface area contributed by atoms with Crippen LogP contribution in [0, 0.1) is 5.92 Å². The summed E-state index contributed by atoms with van der Waals surface area (Å²) in [6.45, 7) is 0.891. The number of hydrogen-bond donors (Lipinski definition) is 1. The zero-order valence-corrected chi connectivity index (χ0v) is 14.5. The van der Waals surface area contributed by atoms with Crippen LogP contribution in [-0.2, 0) is 11.2 Å². The lowest BCUT2D eigenvalue weighted by Gasteiger charge is -2.44. The second kappa shape index (κ2) is 6.98. The van der Waals surface area contributed by atoms with Gasteiger partial charge in [0.05, 0.1) is 10.9 Å². The van der Waals surface area contributed by atoms with Gasteiger partial charge in [0, 0.05) is 25.4 Å². The fourth-order valence-electron chi connectivity index (χ4n) is 4.56. The standard InChI is InChI=1S/C20H25N3O2/c24-19(23-13-5-7-14-6-1-4-10-17(14)23)12-11-18-21-16-9-3-2-8-15(16)20(25)22-18/h2-3,8-9,14,17H,1,4-7,10-13H2,(H,21,22,25). The molecule has 4 rings (SSSR count). The number of nitrogens with one attached hydrogen (secondary N) is 1. The number of hydrogen-bond acceptors (Lipinski definition) is 3. The molecule has 0 spiro atoms. The molecule has 1 aliphatic carbocycles. The van der Waals surface area contributed by atoms with Crippen LogP contribution < -0.4 is 5.56 Å². The van der Waals surface area contributed by atoms with Crippen molar-refractivity contribution in [2.45, 2.75) is 57.4 Å². The minimum absolute atomic E-state index is 0.127. The summed E-state index contributed by atoms with van der Waals surface area (Å²) in [4.78, 5) is 34.4.